The van der Waals surface area contributed by atoms with Gasteiger partial charge in [0.15, 0.2) is 0 Å². The van der Waals surface area contributed by atoms with Crippen molar-refractivity contribution in [1.82, 2.24) is 9.78 Å². The Morgan fingerprint density at radius 2 is 1.69 bits per heavy atom. The number of fused-ring (bicyclic) bond motifs is 1. The maximum absolute atomic E-state index is 5.08. The summed E-state index contributed by atoms with van der Waals surface area (Å²) in [6.07, 6.45) is 8.35. The van der Waals surface area contributed by atoms with Crippen molar-refractivity contribution in [3.05, 3.63) is 83.2 Å². The van der Waals surface area contributed by atoms with Gasteiger partial charge in [0.2, 0.25) is 0 Å². The molecule has 1 aliphatic rings. The number of hydrogen-bond donors (Lipinski definition) is 0. The number of benzene rings is 2. The molecule has 2 heteroatoms. The SMILES string of the molecule is CCCCCc1nn(-c2ccccc2)c2c1CC(c1ccccc1)CC2. The first-order valence-electron chi connectivity index (χ1n) is 10.1. The molecule has 3 aromatic rings. The molecule has 2 nitrogen and oxygen atoms in total. The van der Waals surface area contributed by atoms with Gasteiger partial charge in [0.1, 0.15) is 0 Å². The molecule has 0 N–H and O–H groups in total. The quantitative estimate of drug-likeness (QED) is 0.511. The van der Waals surface area contributed by atoms with Crippen LogP contribution in [0.25, 0.3) is 5.69 Å². The van der Waals surface area contributed by atoms with Crippen LogP contribution >= 0.6 is 0 Å². The summed E-state index contributed by atoms with van der Waals surface area (Å²) in [6.45, 7) is 2.27. The summed E-state index contributed by atoms with van der Waals surface area (Å²) in [6, 6.07) is 21.7. The number of nitrogens with zero attached hydrogens (tertiary/aromatic N) is 2. The fraction of sp³-hybridized carbons (Fsp3) is 0.375. The zero-order chi connectivity index (χ0) is 17.8. The molecule has 26 heavy (non-hydrogen) atoms. The summed E-state index contributed by atoms with van der Waals surface area (Å²) >= 11 is 0. The van der Waals surface area contributed by atoms with Crippen molar-refractivity contribution in [1.29, 1.82) is 0 Å². The van der Waals surface area contributed by atoms with Crippen LogP contribution in [0.3, 0.4) is 0 Å². The smallest absolute Gasteiger partial charge is 0.0664 e. The van der Waals surface area contributed by atoms with Crippen molar-refractivity contribution in [2.75, 3.05) is 0 Å². The highest BCUT2D eigenvalue weighted by molar-refractivity contribution is 5.40. The second-order valence-electron chi connectivity index (χ2n) is 7.43. The molecule has 0 fully saturated rings. The van der Waals surface area contributed by atoms with E-state index >= 15 is 0 Å². The monoisotopic (exact) mass is 344 g/mol. The number of unbranched alkanes of at least 4 members (excludes halogenated alkanes) is 2. The van der Waals surface area contributed by atoms with Gasteiger partial charge in [-0.25, -0.2) is 4.68 Å². The highest BCUT2D eigenvalue weighted by Crippen LogP contribution is 2.35. The third kappa shape index (κ3) is 3.46. The van der Waals surface area contributed by atoms with Crippen LogP contribution in [-0.2, 0) is 19.3 Å². The van der Waals surface area contributed by atoms with Gasteiger partial charge >= 0.3 is 0 Å². The number of para-hydroxylation sites is 1. The maximum Gasteiger partial charge on any atom is 0.0664 e. The first-order valence-corrected chi connectivity index (χ1v) is 10.1. The number of rotatable bonds is 6. The fourth-order valence-corrected chi connectivity index (χ4v) is 4.22. The Labute approximate surface area is 156 Å². The van der Waals surface area contributed by atoms with E-state index in [0.29, 0.717) is 5.92 Å². The predicted octanol–water partition coefficient (Wildman–Crippen LogP) is 5.88. The van der Waals surface area contributed by atoms with Gasteiger partial charge in [-0.3, -0.25) is 0 Å². The van der Waals surface area contributed by atoms with Gasteiger partial charge in [-0.2, -0.15) is 5.10 Å². The molecule has 4 rings (SSSR count). The van der Waals surface area contributed by atoms with Gasteiger partial charge in [-0.05, 0) is 61.3 Å². The van der Waals surface area contributed by atoms with Crippen molar-refractivity contribution in [2.45, 2.75) is 57.8 Å². The van der Waals surface area contributed by atoms with Crippen LogP contribution < -0.4 is 0 Å². The Hall–Kier alpha value is -2.35. The molecule has 0 aliphatic heterocycles. The Bertz CT molecular complexity index is 833. The fourth-order valence-electron chi connectivity index (χ4n) is 4.22. The lowest BCUT2D eigenvalue weighted by molar-refractivity contribution is 0.567. The minimum absolute atomic E-state index is 0.627. The van der Waals surface area contributed by atoms with E-state index in [1.165, 1.54) is 53.9 Å². The van der Waals surface area contributed by atoms with Crippen LogP contribution in [0.15, 0.2) is 60.7 Å². The minimum atomic E-state index is 0.627. The summed E-state index contributed by atoms with van der Waals surface area (Å²) in [4.78, 5) is 0. The second kappa shape index (κ2) is 7.90. The van der Waals surface area contributed by atoms with Crippen molar-refractivity contribution in [2.24, 2.45) is 0 Å². The summed E-state index contributed by atoms with van der Waals surface area (Å²) in [5, 5.41) is 5.08. The Morgan fingerprint density at radius 3 is 2.42 bits per heavy atom. The molecule has 1 heterocycles. The average molecular weight is 345 g/mol. The molecule has 0 saturated heterocycles. The van der Waals surface area contributed by atoms with Crippen LogP contribution in [0.2, 0.25) is 0 Å². The van der Waals surface area contributed by atoms with E-state index in [0.717, 1.165) is 19.3 Å². The number of hydrogen-bond acceptors (Lipinski definition) is 1. The second-order valence-corrected chi connectivity index (χ2v) is 7.43. The molecule has 1 atom stereocenters. The molecule has 0 radical (unpaired) electrons. The lowest BCUT2D eigenvalue weighted by atomic mass is 9.81. The van der Waals surface area contributed by atoms with Crippen LogP contribution in [-0.4, -0.2) is 9.78 Å². The largest absolute Gasteiger partial charge is 0.237 e. The Balaban J connectivity index is 1.68. The van der Waals surface area contributed by atoms with Crippen molar-refractivity contribution in [3.8, 4) is 5.69 Å². The lowest BCUT2D eigenvalue weighted by Gasteiger charge is -2.24. The van der Waals surface area contributed by atoms with Crippen molar-refractivity contribution in [3.63, 3.8) is 0 Å². The molecule has 0 amide bonds. The normalized spacial score (nSPS) is 16.4. The van der Waals surface area contributed by atoms with Crippen LogP contribution in [0.5, 0.6) is 0 Å². The number of aryl methyl sites for hydroxylation is 1. The maximum atomic E-state index is 5.08. The third-order valence-electron chi connectivity index (χ3n) is 5.64. The predicted molar refractivity (Wildman–Crippen MR) is 108 cm³/mol. The molecule has 1 aromatic heterocycles. The molecule has 0 saturated carbocycles. The molecular weight excluding hydrogens is 316 g/mol. The summed E-state index contributed by atoms with van der Waals surface area (Å²) in [5.41, 5.74) is 6.96. The van der Waals surface area contributed by atoms with Crippen molar-refractivity contribution < 1.29 is 0 Å². The van der Waals surface area contributed by atoms with Crippen LogP contribution in [0, 0.1) is 0 Å². The van der Waals surface area contributed by atoms with Gasteiger partial charge in [0, 0.05) is 5.69 Å². The van der Waals surface area contributed by atoms with Gasteiger partial charge in [-0.1, -0.05) is 68.3 Å². The van der Waals surface area contributed by atoms with Gasteiger partial charge in [0.05, 0.1) is 11.4 Å². The van der Waals surface area contributed by atoms with Crippen LogP contribution in [0.4, 0.5) is 0 Å². The summed E-state index contributed by atoms with van der Waals surface area (Å²) in [5.74, 6) is 0.627. The molecule has 1 unspecified atom stereocenters. The Morgan fingerprint density at radius 1 is 0.962 bits per heavy atom. The molecule has 134 valence electrons. The Kier molecular flexibility index (Phi) is 5.19. The van der Waals surface area contributed by atoms with E-state index in [9.17, 15) is 0 Å². The topological polar surface area (TPSA) is 17.8 Å². The van der Waals surface area contributed by atoms with Gasteiger partial charge < -0.3 is 0 Å². The van der Waals surface area contributed by atoms with Crippen LogP contribution in [0.1, 0.15) is 61.0 Å². The first-order chi connectivity index (χ1) is 12.9. The highest BCUT2D eigenvalue weighted by Gasteiger charge is 2.27. The standard InChI is InChI=1S/C24H28N2/c1-2-3-6-15-23-22-18-20(19-11-7-4-8-12-19)16-17-24(22)26(25-23)21-13-9-5-10-14-21/h4-5,7-14,20H,2-3,6,15-18H2,1H3. The summed E-state index contributed by atoms with van der Waals surface area (Å²) in [7, 11) is 0. The van der Waals surface area contributed by atoms with E-state index in [1.807, 2.05) is 0 Å². The molecule has 1 aliphatic carbocycles. The lowest BCUT2D eigenvalue weighted by Crippen LogP contribution is -2.15. The minimum Gasteiger partial charge on any atom is -0.237 e. The summed E-state index contributed by atoms with van der Waals surface area (Å²) < 4.78 is 2.22. The molecular formula is C24H28N2. The highest BCUT2D eigenvalue weighted by atomic mass is 15.3. The molecule has 0 bridgehead atoms. The van der Waals surface area contributed by atoms with E-state index in [1.54, 1.807) is 0 Å². The molecule has 2 aromatic carbocycles. The van der Waals surface area contributed by atoms with Crippen molar-refractivity contribution >= 4 is 0 Å². The van der Waals surface area contributed by atoms with E-state index in [2.05, 4.69) is 72.3 Å². The third-order valence-corrected chi connectivity index (χ3v) is 5.64. The van der Waals surface area contributed by atoms with E-state index in [4.69, 9.17) is 5.10 Å². The first kappa shape index (κ1) is 17.1. The van der Waals surface area contributed by atoms with Gasteiger partial charge in [-0.15, -0.1) is 0 Å². The van der Waals surface area contributed by atoms with E-state index < -0.39 is 0 Å². The van der Waals surface area contributed by atoms with Gasteiger partial charge in [0.25, 0.3) is 0 Å². The zero-order valence-electron chi connectivity index (χ0n) is 15.7. The van der Waals surface area contributed by atoms with E-state index in [-0.39, 0.29) is 0 Å². The number of aromatic nitrogens is 2. The zero-order valence-corrected chi connectivity index (χ0v) is 15.7. The molecule has 0 spiro atoms. The average Bonchev–Trinajstić information content (AvgIpc) is 3.07.